The van der Waals surface area contributed by atoms with E-state index in [4.69, 9.17) is 9.15 Å². The summed E-state index contributed by atoms with van der Waals surface area (Å²) in [5.41, 5.74) is 1.89. The molecule has 1 amide bonds. The van der Waals surface area contributed by atoms with E-state index < -0.39 is 0 Å². The fraction of sp³-hybridized carbons (Fsp3) is 0.312. The quantitative estimate of drug-likeness (QED) is 0.645. The van der Waals surface area contributed by atoms with Gasteiger partial charge >= 0.3 is 5.97 Å². The molecule has 1 N–H and O–H groups in total. The number of benzene rings is 1. The van der Waals surface area contributed by atoms with Crippen molar-refractivity contribution in [2.24, 2.45) is 0 Å². The number of aryl methyl sites for hydroxylation is 2. The molecule has 0 saturated carbocycles. The Morgan fingerprint density at radius 1 is 1.26 bits per heavy atom. The third-order valence-corrected chi connectivity index (χ3v) is 3.84. The van der Waals surface area contributed by atoms with Gasteiger partial charge < -0.3 is 14.5 Å². The summed E-state index contributed by atoms with van der Waals surface area (Å²) < 4.78 is 10.3. The number of carbonyl (C=O) groups is 2. The summed E-state index contributed by atoms with van der Waals surface area (Å²) in [6, 6.07) is 6.55. The van der Waals surface area contributed by atoms with Crippen molar-refractivity contribution in [3.63, 3.8) is 0 Å². The van der Waals surface area contributed by atoms with Gasteiger partial charge in [-0.1, -0.05) is 11.8 Å². The van der Waals surface area contributed by atoms with Crippen molar-refractivity contribution < 1.29 is 18.7 Å². The highest BCUT2D eigenvalue weighted by Crippen LogP contribution is 2.20. The van der Waals surface area contributed by atoms with Crippen LogP contribution in [-0.4, -0.2) is 29.2 Å². The van der Waals surface area contributed by atoms with Crippen LogP contribution in [-0.2, 0) is 9.53 Å². The Morgan fingerprint density at radius 3 is 2.52 bits per heavy atom. The number of nitrogens with zero attached hydrogens (tertiary/aromatic N) is 1. The number of esters is 1. The van der Waals surface area contributed by atoms with Crippen LogP contribution in [0.5, 0.6) is 0 Å². The molecule has 6 nitrogen and oxygen atoms in total. The molecule has 122 valence electrons. The van der Waals surface area contributed by atoms with Gasteiger partial charge in [-0.2, -0.15) is 0 Å². The van der Waals surface area contributed by atoms with Gasteiger partial charge in [0.05, 0.1) is 23.6 Å². The number of anilines is 1. The van der Waals surface area contributed by atoms with Crippen LogP contribution < -0.4 is 5.32 Å². The molecule has 0 unspecified atom stereocenters. The van der Waals surface area contributed by atoms with Crippen molar-refractivity contribution in [1.29, 1.82) is 0 Å². The molecule has 0 aliphatic rings. The Hall–Kier alpha value is -2.28. The van der Waals surface area contributed by atoms with Gasteiger partial charge in [-0.15, -0.1) is 0 Å². The third-order valence-electron chi connectivity index (χ3n) is 3.02. The predicted molar refractivity (Wildman–Crippen MR) is 87.7 cm³/mol. The SMILES string of the molecule is CCOC(=O)c1ccc(NC(=O)CSc2nc(C)c(C)o2)cc1. The first kappa shape index (κ1) is 17.1. The van der Waals surface area contributed by atoms with Gasteiger partial charge in [-0.3, -0.25) is 4.79 Å². The smallest absolute Gasteiger partial charge is 0.338 e. The molecular formula is C16H18N2O4S. The van der Waals surface area contributed by atoms with E-state index in [1.807, 2.05) is 13.8 Å². The molecule has 0 aliphatic heterocycles. The number of thioether (sulfide) groups is 1. The van der Waals surface area contributed by atoms with Crippen LogP contribution >= 0.6 is 11.8 Å². The lowest BCUT2D eigenvalue weighted by molar-refractivity contribution is -0.113. The Balaban J connectivity index is 1.86. The predicted octanol–water partition coefficient (Wildman–Crippen LogP) is 3.20. The lowest BCUT2D eigenvalue weighted by atomic mass is 10.2. The van der Waals surface area contributed by atoms with E-state index >= 15 is 0 Å². The highest BCUT2D eigenvalue weighted by atomic mass is 32.2. The fourth-order valence-electron chi connectivity index (χ4n) is 1.73. The van der Waals surface area contributed by atoms with Gasteiger partial charge in [0.15, 0.2) is 0 Å². The van der Waals surface area contributed by atoms with Crippen LogP contribution in [0.2, 0.25) is 0 Å². The maximum Gasteiger partial charge on any atom is 0.338 e. The minimum absolute atomic E-state index is 0.174. The molecule has 23 heavy (non-hydrogen) atoms. The van der Waals surface area contributed by atoms with Crippen LogP contribution in [0.15, 0.2) is 33.9 Å². The Labute approximate surface area is 138 Å². The van der Waals surface area contributed by atoms with Crippen molar-refractivity contribution in [2.75, 3.05) is 17.7 Å². The van der Waals surface area contributed by atoms with Crippen molar-refractivity contribution in [3.05, 3.63) is 41.3 Å². The highest BCUT2D eigenvalue weighted by molar-refractivity contribution is 7.99. The largest absolute Gasteiger partial charge is 0.462 e. The zero-order chi connectivity index (χ0) is 16.8. The lowest BCUT2D eigenvalue weighted by Crippen LogP contribution is -2.14. The van der Waals surface area contributed by atoms with Gasteiger partial charge in [0, 0.05) is 5.69 Å². The molecule has 0 fully saturated rings. The molecule has 1 aromatic heterocycles. The molecule has 0 saturated heterocycles. The highest BCUT2D eigenvalue weighted by Gasteiger charge is 2.10. The number of ether oxygens (including phenoxy) is 1. The van der Waals surface area contributed by atoms with Gasteiger partial charge in [0.2, 0.25) is 5.91 Å². The summed E-state index contributed by atoms with van der Waals surface area (Å²) in [5, 5.41) is 3.23. The summed E-state index contributed by atoms with van der Waals surface area (Å²) in [4.78, 5) is 27.6. The van der Waals surface area contributed by atoms with Gasteiger partial charge in [0.25, 0.3) is 5.22 Å². The molecule has 0 bridgehead atoms. The summed E-state index contributed by atoms with van der Waals surface area (Å²) in [6.45, 7) is 5.76. The number of carbonyl (C=O) groups excluding carboxylic acids is 2. The molecule has 0 radical (unpaired) electrons. The monoisotopic (exact) mass is 334 g/mol. The first-order chi connectivity index (χ1) is 11.0. The van der Waals surface area contributed by atoms with Crippen molar-refractivity contribution in [3.8, 4) is 0 Å². The Bertz CT molecular complexity index is 675. The molecule has 1 heterocycles. The first-order valence-electron chi connectivity index (χ1n) is 7.13. The van der Waals surface area contributed by atoms with E-state index in [1.165, 1.54) is 11.8 Å². The number of hydrogen-bond acceptors (Lipinski definition) is 6. The summed E-state index contributed by atoms with van der Waals surface area (Å²) in [6.07, 6.45) is 0. The molecule has 2 aromatic rings. The maximum atomic E-state index is 11.9. The molecule has 0 atom stereocenters. The number of rotatable bonds is 6. The molecule has 0 aliphatic carbocycles. The van der Waals surface area contributed by atoms with E-state index in [-0.39, 0.29) is 17.6 Å². The van der Waals surface area contributed by atoms with Crippen LogP contribution in [0.1, 0.15) is 28.7 Å². The van der Waals surface area contributed by atoms with E-state index in [0.717, 1.165) is 11.5 Å². The van der Waals surface area contributed by atoms with Crippen molar-refractivity contribution >= 4 is 29.3 Å². The second-order valence-electron chi connectivity index (χ2n) is 4.76. The van der Waals surface area contributed by atoms with Gasteiger partial charge in [0.1, 0.15) is 5.76 Å². The van der Waals surface area contributed by atoms with E-state index in [2.05, 4.69) is 10.3 Å². The number of aromatic nitrogens is 1. The minimum Gasteiger partial charge on any atom is -0.462 e. The molecule has 1 aromatic carbocycles. The average Bonchev–Trinajstić information content (AvgIpc) is 2.85. The normalized spacial score (nSPS) is 10.4. The maximum absolute atomic E-state index is 11.9. The van der Waals surface area contributed by atoms with E-state index in [9.17, 15) is 9.59 Å². The Kier molecular flexibility index (Phi) is 5.81. The molecule has 0 spiro atoms. The molecule has 2 rings (SSSR count). The van der Waals surface area contributed by atoms with Crippen molar-refractivity contribution in [1.82, 2.24) is 4.98 Å². The van der Waals surface area contributed by atoms with Crippen molar-refractivity contribution in [2.45, 2.75) is 26.0 Å². The fourth-order valence-corrected chi connectivity index (χ4v) is 2.45. The van der Waals surface area contributed by atoms with Crippen LogP contribution in [0.25, 0.3) is 0 Å². The molecule has 7 heteroatoms. The second-order valence-corrected chi connectivity index (χ2v) is 5.68. The van der Waals surface area contributed by atoms with E-state index in [1.54, 1.807) is 31.2 Å². The van der Waals surface area contributed by atoms with E-state index in [0.29, 0.717) is 23.1 Å². The number of amides is 1. The lowest BCUT2D eigenvalue weighted by Gasteiger charge is -2.05. The number of hydrogen-bond donors (Lipinski definition) is 1. The van der Waals surface area contributed by atoms with Gasteiger partial charge in [-0.25, -0.2) is 9.78 Å². The van der Waals surface area contributed by atoms with Crippen LogP contribution in [0.3, 0.4) is 0 Å². The topological polar surface area (TPSA) is 81.4 Å². The third kappa shape index (κ3) is 4.85. The summed E-state index contributed by atoms with van der Waals surface area (Å²) in [7, 11) is 0. The Morgan fingerprint density at radius 2 is 1.96 bits per heavy atom. The minimum atomic E-state index is -0.379. The van der Waals surface area contributed by atoms with Crippen LogP contribution in [0.4, 0.5) is 5.69 Å². The molecular weight excluding hydrogens is 316 g/mol. The van der Waals surface area contributed by atoms with Crippen LogP contribution in [0, 0.1) is 13.8 Å². The zero-order valence-corrected chi connectivity index (χ0v) is 14.0. The standard InChI is InChI=1S/C16H18N2O4S/c1-4-21-15(20)12-5-7-13(8-6-12)18-14(19)9-23-16-17-10(2)11(3)22-16/h5-8H,4,9H2,1-3H3,(H,18,19). The second kappa shape index (κ2) is 7.82. The average molecular weight is 334 g/mol. The summed E-state index contributed by atoms with van der Waals surface area (Å²) >= 11 is 1.23. The zero-order valence-electron chi connectivity index (χ0n) is 13.2. The number of nitrogens with one attached hydrogen (secondary N) is 1. The number of oxazole rings is 1. The summed E-state index contributed by atoms with van der Waals surface area (Å²) in [5.74, 6) is 0.393. The van der Waals surface area contributed by atoms with Gasteiger partial charge in [-0.05, 0) is 45.0 Å². The first-order valence-corrected chi connectivity index (χ1v) is 8.12.